The first kappa shape index (κ1) is 16.6. The first-order valence-corrected chi connectivity index (χ1v) is 10.1. The predicted molar refractivity (Wildman–Crippen MR) is 108 cm³/mol. The number of benzene rings is 1. The van der Waals surface area contributed by atoms with Crippen molar-refractivity contribution < 1.29 is 0 Å². The Labute approximate surface area is 169 Å². The summed E-state index contributed by atoms with van der Waals surface area (Å²) in [5, 5.41) is 0.957. The summed E-state index contributed by atoms with van der Waals surface area (Å²) in [7, 11) is 0. The van der Waals surface area contributed by atoms with E-state index in [-0.39, 0.29) is 6.04 Å². The lowest BCUT2D eigenvalue weighted by Gasteiger charge is -2.34. The molecule has 142 valence electrons. The van der Waals surface area contributed by atoms with Crippen LogP contribution >= 0.6 is 11.8 Å². The van der Waals surface area contributed by atoms with E-state index in [0.717, 1.165) is 39.1 Å². The number of rotatable bonds is 3. The van der Waals surface area contributed by atoms with E-state index in [2.05, 4.69) is 51.5 Å². The second-order valence-electron chi connectivity index (χ2n) is 6.75. The Hall–Kier alpha value is -3.37. The van der Waals surface area contributed by atoms with Crippen LogP contribution in [-0.4, -0.2) is 50.2 Å². The lowest BCUT2D eigenvalue weighted by atomic mass is 10.1. The average molecular weight is 401 g/mol. The molecule has 1 N–H and O–H groups in total. The van der Waals surface area contributed by atoms with Crippen molar-refractivity contribution in [3.63, 3.8) is 0 Å². The second kappa shape index (κ2) is 6.61. The van der Waals surface area contributed by atoms with E-state index in [0.29, 0.717) is 12.3 Å². The Bertz CT molecular complexity index is 1280. The molecule has 0 radical (unpaired) electrons. The van der Waals surface area contributed by atoms with Crippen molar-refractivity contribution in [1.29, 1.82) is 0 Å². The Balaban J connectivity index is 1.46. The molecule has 10 heteroatoms. The monoisotopic (exact) mass is 401 g/mol. The number of nitrogens with zero attached hydrogens (tertiary/aromatic N) is 8. The summed E-state index contributed by atoms with van der Waals surface area (Å²) in [5.74, 6) is 1.62. The number of thioether (sulfide) groups is 1. The number of fused-ring (bicyclic) bond motifs is 4. The third-order valence-electron chi connectivity index (χ3n) is 5.00. The smallest absolute Gasteiger partial charge is 0.181 e. The minimum atomic E-state index is -0.0619. The van der Waals surface area contributed by atoms with Crippen LogP contribution in [0.1, 0.15) is 17.4 Å². The maximum Gasteiger partial charge on any atom is 0.181 e. The topological polar surface area (TPSA) is 101 Å². The summed E-state index contributed by atoms with van der Waals surface area (Å²) >= 11 is 1.69. The molecule has 1 unspecified atom stereocenters. The molecule has 0 fully saturated rings. The van der Waals surface area contributed by atoms with Crippen LogP contribution in [0.3, 0.4) is 0 Å². The molecule has 0 bridgehead atoms. The predicted octanol–water partition coefficient (Wildman–Crippen LogP) is 2.60. The normalized spacial score (nSPS) is 15.6. The number of aromatic nitrogens is 8. The number of nitrogens with one attached hydrogen (secondary N) is 1. The molecular weight excluding hydrogens is 386 g/mol. The van der Waals surface area contributed by atoms with Gasteiger partial charge in [0.1, 0.15) is 29.5 Å². The van der Waals surface area contributed by atoms with Crippen molar-refractivity contribution >= 4 is 34.1 Å². The highest BCUT2D eigenvalue weighted by Gasteiger charge is 2.30. The Kier molecular flexibility index (Phi) is 3.77. The largest absolute Gasteiger partial charge is 0.338 e. The minimum absolute atomic E-state index is 0.0619. The molecule has 0 amide bonds. The van der Waals surface area contributed by atoms with Crippen LogP contribution in [0.4, 0.5) is 0 Å². The SMILES string of the molecule is c1ccc(C(c2nc3ncncc3[nH]2)N2CSc3nc4ncncc4n3C2)cc1. The van der Waals surface area contributed by atoms with Crippen molar-refractivity contribution in [2.45, 2.75) is 17.9 Å². The molecular formula is C19H15N9S. The molecule has 5 heterocycles. The van der Waals surface area contributed by atoms with Gasteiger partial charge in [-0.3, -0.25) is 4.90 Å². The fraction of sp³-hybridized carbons (Fsp3) is 0.158. The molecule has 0 saturated carbocycles. The molecule has 4 aromatic heterocycles. The summed E-state index contributed by atoms with van der Waals surface area (Å²) in [6, 6.07) is 10.3. The lowest BCUT2D eigenvalue weighted by molar-refractivity contribution is 0.192. The standard InChI is InChI=1S/C19H15N9S/c1-2-4-12(5-3-1)15(18-24-13-6-20-8-22-16(13)25-18)27-10-28-14-7-21-9-23-17(14)26-19(28)29-11-27/h1-9,15H,10-11H2,(H,20,22,24,25). The number of aromatic amines is 1. The highest BCUT2D eigenvalue weighted by atomic mass is 32.2. The van der Waals surface area contributed by atoms with Crippen LogP contribution in [0, 0.1) is 0 Å². The van der Waals surface area contributed by atoms with E-state index in [9.17, 15) is 0 Å². The van der Waals surface area contributed by atoms with Crippen molar-refractivity contribution in [3.8, 4) is 0 Å². The Morgan fingerprint density at radius 2 is 1.79 bits per heavy atom. The summed E-state index contributed by atoms with van der Waals surface area (Å²) in [5.41, 5.74) is 4.31. The number of hydrogen-bond acceptors (Lipinski definition) is 8. The summed E-state index contributed by atoms with van der Waals surface area (Å²) in [6.45, 7) is 0.661. The van der Waals surface area contributed by atoms with E-state index in [1.54, 1.807) is 18.0 Å². The van der Waals surface area contributed by atoms with Gasteiger partial charge in [-0.05, 0) is 5.56 Å². The van der Waals surface area contributed by atoms with Crippen LogP contribution in [0.5, 0.6) is 0 Å². The van der Waals surface area contributed by atoms with Gasteiger partial charge in [-0.2, -0.15) is 0 Å². The highest BCUT2D eigenvalue weighted by Crippen LogP contribution is 2.36. The van der Waals surface area contributed by atoms with Gasteiger partial charge >= 0.3 is 0 Å². The number of imidazole rings is 2. The van der Waals surface area contributed by atoms with Gasteiger partial charge < -0.3 is 9.55 Å². The van der Waals surface area contributed by atoms with Gasteiger partial charge in [-0.25, -0.2) is 29.9 Å². The maximum atomic E-state index is 4.76. The van der Waals surface area contributed by atoms with Gasteiger partial charge in [-0.1, -0.05) is 42.1 Å². The average Bonchev–Trinajstić information content (AvgIpc) is 3.36. The van der Waals surface area contributed by atoms with Crippen molar-refractivity contribution in [1.82, 2.24) is 44.4 Å². The molecule has 0 spiro atoms. The van der Waals surface area contributed by atoms with Gasteiger partial charge in [-0.15, -0.1) is 0 Å². The second-order valence-corrected chi connectivity index (χ2v) is 7.66. The van der Waals surface area contributed by atoms with Crippen LogP contribution in [-0.2, 0) is 6.67 Å². The van der Waals surface area contributed by atoms with Crippen molar-refractivity contribution in [3.05, 3.63) is 66.8 Å². The number of hydrogen-bond donors (Lipinski definition) is 1. The first-order valence-electron chi connectivity index (χ1n) is 9.10. The summed E-state index contributed by atoms with van der Waals surface area (Å²) < 4.78 is 2.15. The zero-order valence-electron chi connectivity index (χ0n) is 15.2. The molecule has 1 aliphatic rings. The van der Waals surface area contributed by atoms with Gasteiger partial charge in [0.05, 0.1) is 31.0 Å². The fourth-order valence-electron chi connectivity index (χ4n) is 3.70. The third kappa shape index (κ3) is 2.76. The van der Waals surface area contributed by atoms with Crippen LogP contribution < -0.4 is 0 Å². The number of H-pyrrole nitrogens is 1. The van der Waals surface area contributed by atoms with Gasteiger partial charge in [0.2, 0.25) is 0 Å². The molecule has 1 aliphatic heterocycles. The first-order chi connectivity index (χ1) is 14.4. The van der Waals surface area contributed by atoms with Crippen molar-refractivity contribution in [2.24, 2.45) is 0 Å². The highest BCUT2D eigenvalue weighted by molar-refractivity contribution is 7.99. The maximum absolute atomic E-state index is 4.76. The van der Waals surface area contributed by atoms with Gasteiger partial charge in [0.25, 0.3) is 0 Å². The quantitative estimate of drug-likeness (QED) is 0.492. The van der Waals surface area contributed by atoms with Crippen molar-refractivity contribution in [2.75, 3.05) is 5.88 Å². The zero-order valence-corrected chi connectivity index (χ0v) is 16.0. The van der Waals surface area contributed by atoms with Gasteiger partial charge in [0, 0.05) is 0 Å². The fourth-order valence-corrected chi connectivity index (χ4v) is 4.67. The van der Waals surface area contributed by atoms with Crippen LogP contribution in [0.15, 0.2) is 60.5 Å². The molecule has 5 aromatic rings. The summed E-state index contributed by atoms with van der Waals surface area (Å²) in [4.78, 5) is 32.0. The minimum Gasteiger partial charge on any atom is -0.338 e. The molecule has 1 atom stereocenters. The van der Waals surface area contributed by atoms with E-state index < -0.39 is 0 Å². The molecule has 9 nitrogen and oxygen atoms in total. The molecule has 1 aromatic carbocycles. The van der Waals surface area contributed by atoms with E-state index in [4.69, 9.17) is 4.98 Å². The Morgan fingerprint density at radius 1 is 0.966 bits per heavy atom. The van der Waals surface area contributed by atoms with E-state index in [1.165, 1.54) is 12.7 Å². The van der Waals surface area contributed by atoms with Gasteiger partial charge in [0.15, 0.2) is 16.5 Å². The zero-order chi connectivity index (χ0) is 19.2. The Morgan fingerprint density at radius 3 is 2.66 bits per heavy atom. The van der Waals surface area contributed by atoms with Crippen LogP contribution in [0.2, 0.25) is 0 Å². The molecule has 0 saturated heterocycles. The molecule has 29 heavy (non-hydrogen) atoms. The lowest BCUT2D eigenvalue weighted by Crippen LogP contribution is -2.35. The van der Waals surface area contributed by atoms with Crippen LogP contribution in [0.25, 0.3) is 22.3 Å². The molecule has 0 aliphatic carbocycles. The summed E-state index contributed by atoms with van der Waals surface area (Å²) in [6.07, 6.45) is 6.62. The molecule has 6 rings (SSSR count). The third-order valence-corrected chi connectivity index (χ3v) is 6.03. The van der Waals surface area contributed by atoms with E-state index in [1.807, 2.05) is 24.4 Å². The van der Waals surface area contributed by atoms with E-state index >= 15 is 0 Å².